The second-order valence-corrected chi connectivity index (χ2v) is 21.1. The highest BCUT2D eigenvalue weighted by atomic mass is 32.3. The van der Waals surface area contributed by atoms with Crippen LogP contribution in [0.2, 0.25) is 0 Å². The van der Waals surface area contributed by atoms with Crippen LogP contribution >= 0.6 is 0 Å². The van der Waals surface area contributed by atoms with Crippen molar-refractivity contribution in [1.82, 2.24) is 29.6 Å². The zero-order chi connectivity index (χ0) is 48.8. The number of benzene rings is 4. The zero-order valence-corrected chi connectivity index (χ0v) is 39.9. The molecule has 2 aliphatic heterocycles. The van der Waals surface area contributed by atoms with Gasteiger partial charge in [-0.2, -0.15) is 3.71 Å². The fourth-order valence-corrected chi connectivity index (χ4v) is 11.5. The first kappa shape index (κ1) is 49.3. The number of hydrogen-bond acceptors (Lipinski definition) is 11. The van der Waals surface area contributed by atoms with Gasteiger partial charge in [0.1, 0.15) is 11.6 Å². The summed E-state index contributed by atoms with van der Waals surface area (Å²) in [6.07, 6.45) is 11.0. The Morgan fingerprint density at radius 1 is 0.647 bits per heavy atom. The Morgan fingerprint density at radius 3 is 1.51 bits per heavy atom. The van der Waals surface area contributed by atoms with Gasteiger partial charge in [-0.25, -0.2) is 25.6 Å². The second kappa shape index (κ2) is 21.1. The number of rotatable bonds is 11. The highest BCUT2D eigenvalue weighted by Crippen LogP contribution is 2.31. The summed E-state index contributed by atoms with van der Waals surface area (Å²) in [5.41, 5.74) is 11.1. The smallest absolute Gasteiger partial charge is 0.246 e. The van der Waals surface area contributed by atoms with E-state index in [9.17, 15) is 35.2 Å². The molecule has 8 rings (SSSR count). The molecule has 0 unspecified atom stereocenters. The molecule has 0 bridgehead atoms. The van der Waals surface area contributed by atoms with Crippen molar-refractivity contribution >= 4 is 77.2 Å². The Morgan fingerprint density at radius 2 is 1.07 bits per heavy atom. The topological polar surface area (TPSA) is 170 Å². The van der Waals surface area contributed by atoms with E-state index in [1.54, 1.807) is 59.8 Å². The molecule has 68 heavy (non-hydrogen) atoms. The molecule has 4 aromatic carbocycles. The van der Waals surface area contributed by atoms with E-state index in [0.717, 1.165) is 59.7 Å². The number of halogens is 2. The molecule has 6 aromatic rings. The Hall–Kier alpha value is -6.60. The van der Waals surface area contributed by atoms with E-state index in [1.807, 2.05) is 48.2 Å². The lowest BCUT2D eigenvalue weighted by molar-refractivity contribution is -0.131. The lowest BCUT2D eigenvalue weighted by atomic mass is 10.1. The predicted octanol–water partition coefficient (Wildman–Crippen LogP) is 6.55. The highest BCUT2D eigenvalue weighted by Gasteiger charge is 2.31. The van der Waals surface area contributed by atoms with E-state index in [4.69, 9.17) is 5.73 Å². The van der Waals surface area contributed by atoms with Crippen LogP contribution in [0, 0.1) is 11.6 Å². The predicted molar refractivity (Wildman–Crippen MR) is 264 cm³/mol. The molecule has 0 spiro atoms. The molecular weight excluding hydrogens is 911 g/mol. The number of anilines is 2. The SMILES string of the molecule is C[C@@H]1CN(Cc2ccc(F)cc2)CCN1C(=O)/C=C/c1cc2ncccc2cc1N.C[C@@H]1CN(Cc2ccc(F)cc2)CCN1C(=O)/C=C/c1cc2ncccc2cc1N(S(C)(=O)=O)S(C)(=O)=O. The minimum atomic E-state index is -4.20. The van der Waals surface area contributed by atoms with Crippen molar-refractivity contribution in [2.24, 2.45) is 0 Å². The summed E-state index contributed by atoms with van der Waals surface area (Å²) in [4.78, 5) is 42.6. The molecule has 14 nitrogen and oxygen atoms in total. The average molecular weight is 965 g/mol. The summed E-state index contributed by atoms with van der Waals surface area (Å²) in [6, 6.07) is 26.9. The number of nitrogens with two attached hydrogens (primary N) is 1. The zero-order valence-electron chi connectivity index (χ0n) is 38.2. The summed E-state index contributed by atoms with van der Waals surface area (Å²) in [5.74, 6) is -0.816. The fourth-order valence-electron chi connectivity index (χ4n) is 8.54. The van der Waals surface area contributed by atoms with E-state index in [1.165, 1.54) is 42.5 Å². The number of pyridine rings is 2. The summed E-state index contributed by atoms with van der Waals surface area (Å²) in [7, 11) is -8.40. The largest absolute Gasteiger partial charge is 0.398 e. The van der Waals surface area contributed by atoms with Gasteiger partial charge in [0.2, 0.25) is 31.9 Å². The van der Waals surface area contributed by atoms with Crippen LogP contribution in [0.1, 0.15) is 36.1 Å². The van der Waals surface area contributed by atoms with Gasteiger partial charge in [0, 0.05) is 111 Å². The number of nitrogen functional groups attached to an aromatic ring is 1. The summed E-state index contributed by atoms with van der Waals surface area (Å²) in [5, 5.41) is 1.53. The van der Waals surface area contributed by atoms with Gasteiger partial charge in [0.25, 0.3) is 0 Å². The van der Waals surface area contributed by atoms with Crippen molar-refractivity contribution in [1.29, 1.82) is 0 Å². The minimum absolute atomic E-state index is 0.0237. The molecule has 2 atom stereocenters. The van der Waals surface area contributed by atoms with Gasteiger partial charge < -0.3 is 15.5 Å². The Bertz CT molecular complexity index is 3050. The summed E-state index contributed by atoms with van der Waals surface area (Å²) < 4.78 is 76.6. The molecule has 0 saturated carbocycles. The van der Waals surface area contributed by atoms with Gasteiger partial charge >= 0.3 is 0 Å². The van der Waals surface area contributed by atoms with Gasteiger partial charge in [0.15, 0.2) is 0 Å². The first-order chi connectivity index (χ1) is 32.3. The number of piperazine rings is 2. The summed E-state index contributed by atoms with van der Waals surface area (Å²) >= 11 is 0. The van der Waals surface area contributed by atoms with Crippen LogP contribution in [-0.2, 0) is 42.7 Å². The second-order valence-electron chi connectivity index (χ2n) is 17.2. The maximum absolute atomic E-state index is 13.2. The van der Waals surface area contributed by atoms with Crippen molar-refractivity contribution in [2.75, 3.05) is 61.2 Å². The third-order valence-corrected chi connectivity index (χ3v) is 15.0. The van der Waals surface area contributed by atoms with Crippen LogP contribution in [0.15, 0.2) is 122 Å². The molecule has 2 aromatic heterocycles. The number of carbonyl (C=O) groups excluding carboxylic acids is 2. The molecule has 2 aliphatic rings. The Kier molecular flexibility index (Phi) is 15.3. The first-order valence-electron chi connectivity index (χ1n) is 22.0. The van der Waals surface area contributed by atoms with Crippen molar-refractivity contribution in [3.05, 3.63) is 155 Å². The molecule has 0 aliphatic carbocycles. The minimum Gasteiger partial charge on any atom is -0.398 e. The third-order valence-electron chi connectivity index (χ3n) is 11.8. The number of hydrogen-bond donors (Lipinski definition) is 1. The van der Waals surface area contributed by atoms with E-state index >= 15 is 0 Å². The van der Waals surface area contributed by atoms with Crippen LogP contribution in [0.5, 0.6) is 0 Å². The Labute approximate surface area is 396 Å². The van der Waals surface area contributed by atoms with E-state index in [0.29, 0.717) is 53.0 Å². The van der Waals surface area contributed by atoms with Gasteiger partial charge in [-0.1, -0.05) is 36.4 Å². The van der Waals surface area contributed by atoms with Crippen molar-refractivity contribution in [3.8, 4) is 0 Å². The van der Waals surface area contributed by atoms with Crippen molar-refractivity contribution in [3.63, 3.8) is 0 Å². The monoisotopic (exact) mass is 964 g/mol. The standard InChI is InChI=1S/C26H29FN4O5S2.C24H25FN4O/c1-19-17-29(18-20-6-9-23(27)10-7-20)13-14-30(19)26(32)11-8-22-15-24-21(5-4-12-28-24)16-25(22)31(37(2,33)34)38(3,35)36;1-17-15-28(16-18-4-7-21(25)8-5-18)11-12-29(17)24(30)9-6-19-14-23-20(13-22(19)26)3-2-10-27-23/h4-12,15-16,19H,13-14,17-18H2,1-3H3;2-10,13-14,17H,11-12,15-16,26H2,1H3/b11-8+;9-6+/t19-;17-/m11/s1. The number of fused-ring (bicyclic) bond motifs is 2. The van der Waals surface area contributed by atoms with Crippen molar-refractivity contribution < 1.29 is 35.2 Å². The first-order valence-corrected chi connectivity index (χ1v) is 25.7. The average Bonchev–Trinajstić information content (AvgIpc) is 3.28. The maximum atomic E-state index is 13.2. The van der Waals surface area contributed by atoms with Crippen LogP contribution < -0.4 is 9.44 Å². The molecule has 2 amide bonds. The van der Waals surface area contributed by atoms with Gasteiger partial charge in [-0.3, -0.25) is 29.4 Å². The third kappa shape index (κ3) is 12.5. The van der Waals surface area contributed by atoms with Crippen LogP contribution in [0.4, 0.5) is 20.2 Å². The van der Waals surface area contributed by atoms with Crippen molar-refractivity contribution in [2.45, 2.75) is 39.0 Å². The summed E-state index contributed by atoms with van der Waals surface area (Å²) in [6.45, 7) is 9.31. The van der Waals surface area contributed by atoms with Crippen LogP contribution in [0.25, 0.3) is 34.0 Å². The lowest BCUT2D eigenvalue weighted by Crippen LogP contribution is -2.53. The lowest BCUT2D eigenvalue weighted by Gasteiger charge is -2.39. The number of sulfonamides is 2. The van der Waals surface area contributed by atoms with Crippen LogP contribution in [-0.4, -0.2) is 122 Å². The van der Waals surface area contributed by atoms with Crippen LogP contribution in [0.3, 0.4) is 0 Å². The molecular formula is C50H54F2N8O6S2. The number of nitrogens with zero attached hydrogens (tertiary/aromatic N) is 7. The van der Waals surface area contributed by atoms with E-state index < -0.39 is 20.0 Å². The van der Waals surface area contributed by atoms with Gasteiger partial charge in [-0.15, -0.1) is 0 Å². The van der Waals surface area contributed by atoms with Gasteiger partial charge in [0.05, 0.1) is 29.2 Å². The molecule has 356 valence electrons. The molecule has 0 radical (unpaired) electrons. The molecule has 4 heterocycles. The normalized spacial score (nSPS) is 17.4. The van der Waals surface area contributed by atoms with Gasteiger partial charge in [-0.05, 0) is 103 Å². The molecule has 2 saturated heterocycles. The fraction of sp³-hybridized carbons (Fsp3) is 0.280. The Balaban J connectivity index is 0.000000207. The van der Waals surface area contributed by atoms with E-state index in [-0.39, 0.29) is 46.8 Å². The number of aromatic nitrogens is 2. The quantitative estimate of drug-likeness (QED) is 0.110. The molecule has 18 heteroatoms. The highest BCUT2D eigenvalue weighted by molar-refractivity contribution is 8.09. The number of carbonyl (C=O) groups is 2. The number of amides is 2. The molecule has 2 N–H and O–H groups in total. The molecule has 2 fully saturated rings. The van der Waals surface area contributed by atoms with E-state index in [2.05, 4.69) is 26.7 Å². The maximum Gasteiger partial charge on any atom is 0.246 e.